The van der Waals surface area contributed by atoms with Crippen molar-refractivity contribution in [2.45, 2.75) is 19.0 Å². The third kappa shape index (κ3) is 1.85. The largest absolute Gasteiger partial charge is 0.397 e. The number of rotatable bonds is 1. The Morgan fingerprint density at radius 3 is 3.00 bits per heavy atom. The number of anilines is 1. The van der Waals surface area contributed by atoms with E-state index in [1.165, 1.54) is 6.07 Å². The van der Waals surface area contributed by atoms with Gasteiger partial charge in [-0.25, -0.2) is 9.37 Å². The SMILES string of the molecule is Nc1c2c(nc3c(Br)c(F)ccc13)CN(C1CCOC1)C2=O. The number of carbonyl (C=O) groups excluding carboxylic acids is 1. The molecule has 1 amide bonds. The van der Waals surface area contributed by atoms with Crippen molar-refractivity contribution >= 4 is 38.4 Å². The lowest BCUT2D eigenvalue weighted by molar-refractivity contribution is 0.0679. The number of nitrogens with two attached hydrogens (primary N) is 1. The van der Waals surface area contributed by atoms with Crippen molar-refractivity contribution in [2.24, 2.45) is 0 Å². The van der Waals surface area contributed by atoms with Crippen molar-refractivity contribution in [2.75, 3.05) is 18.9 Å². The van der Waals surface area contributed by atoms with Crippen LogP contribution in [0.4, 0.5) is 10.1 Å². The number of carbonyl (C=O) groups is 1. The topological polar surface area (TPSA) is 68.4 Å². The van der Waals surface area contributed by atoms with Gasteiger partial charge in [0.15, 0.2) is 0 Å². The van der Waals surface area contributed by atoms with E-state index >= 15 is 0 Å². The van der Waals surface area contributed by atoms with Crippen LogP contribution in [0, 0.1) is 5.82 Å². The molecule has 22 heavy (non-hydrogen) atoms. The fraction of sp³-hybridized carbons (Fsp3) is 0.333. The van der Waals surface area contributed by atoms with Crippen LogP contribution in [0.1, 0.15) is 22.5 Å². The van der Waals surface area contributed by atoms with Gasteiger partial charge in [-0.15, -0.1) is 0 Å². The maximum absolute atomic E-state index is 13.7. The summed E-state index contributed by atoms with van der Waals surface area (Å²) in [6.07, 6.45) is 0.817. The molecular formula is C15H13BrFN3O2. The average molecular weight is 366 g/mol. The monoisotopic (exact) mass is 365 g/mol. The first-order valence-corrected chi connectivity index (χ1v) is 7.82. The van der Waals surface area contributed by atoms with Crippen LogP contribution in [0.3, 0.4) is 0 Å². The number of benzene rings is 1. The molecule has 2 aromatic rings. The Morgan fingerprint density at radius 2 is 2.27 bits per heavy atom. The molecule has 0 radical (unpaired) electrons. The van der Waals surface area contributed by atoms with E-state index in [0.29, 0.717) is 47.6 Å². The van der Waals surface area contributed by atoms with Gasteiger partial charge in [0.2, 0.25) is 0 Å². The minimum atomic E-state index is -0.398. The second kappa shape index (κ2) is 4.89. The summed E-state index contributed by atoms with van der Waals surface area (Å²) in [6.45, 7) is 1.59. The predicted octanol–water partition coefficient (Wildman–Crippen LogP) is 2.46. The molecule has 1 fully saturated rings. The van der Waals surface area contributed by atoms with Gasteiger partial charge >= 0.3 is 0 Å². The summed E-state index contributed by atoms with van der Waals surface area (Å²) in [5.41, 5.74) is 8.05. The summed E-state index contributed by atoms with van der Waals surface area (Å²) >= 11 is 3.21. The van der Waals surface area contributed by atoms with Gasteiger partial charge in [-0.1, -0.05) is 0 Å². The van der Waals surface area contributed by atoms with Crippen LogP contribution in [-0.4, -0.2) is 35.0 Å². The molecular weight excluding hydrogens is 353 g/mol. The Kier molecular flexibility index (Phi) is 3.09. The number of nitrogen functional groups attached to an aromatic ring is 1. The summed E-state index contributed by atoms with van der Waals surface area (Å²) < 4.78 is 19.3. The maximum atomic E-state index is 13.7. The average Bonchev–Trinajstić information content (AvgIpc) is 3.12. The molecule has 7 heteroatoms. The summed E-state index contributed by atoms with van der Waals surface area (Å²) in [7, 11) is 0. The second-order valence-electron chi connectivity index (χ2n) is 5.56. The molecule has 0 spiro atoms. The minimum absolute atomic E-state index is 0.0596. The van der Waals surface area contributed by atoms with Crippen LogP contribution in [0.15, 0.2) is 16.6 Å². The molecule has 1 aromatic heterocycles. The Balaban J connectivity index is 1.88. The summed E-state index contributed by atoms with van der Waals surface area (Å²) in [5, 5.41) is 0.588. The van der Waals surface area contributed by atoms with Gasteiger partial charge in [0.05, 0.1) is 46.1 Å². The van der Waals surface area contributed by atoms with Crippen molar-refractivity contribution in [3.8, 4) is 0 Å². The van der Waals surface area contributed by atoms with E-state index in [0.717, 1.165) is 6.42 Å². The van der Waals surface area contributed by atoms with Crippen molar-refractivity contribution in [3.05, 3.63) is 33.7 Å². The van der Waals surface area contributed by atoms with Gasteiger partial charge in [-0.05, 0) is 34.5 Å². The highest BCUT2D eigenvalue weighted by atomic mass is 79.9. The lowest BCUT2D eigenvalue weighted by Gasteiger charge is -2.21. The summed E-state index contributed by atoms with van der Waals surface area (Å²) in [5.74, 6) is -0.512. The van der Waals surface area contributed by atoms with E-state index in [1.54, 1.807) is 11.0 Å². The Morgan fingerprint density at radius 1 is 1.45 bits per heavy atom. The first-order valence-electron chi connectivity index (χ1n) is 7.02. The van der Waals surface area contributed by atoms with Gasteiger partial charge in [-0.3, -0.25) is 4.79 Å². The quantitative estimate of drug-likeness (QED) is 0.842. The first-order chi connectivity index (χ1) is 10.6. The van der Waals surface area contributed by atoms with Crippen LogP contribution in [0.5, 0.6) is 0 Å². The zero-order valence-corrected chi connectivity index (χ0v) is 13.2. The highest BCUT2D eigenvalue weighted by molar-refractivity contribution is 9.10. The van der Waals surface area contributed by atoms with Crippen molar-refractivity contribution in [1.29, 1.82) is 0 Å². The standard InChI is InChI=1S/C15H13BrFN3O2/c16-12-9(17)2-1-8-13(18)11-10(19-14(8)12)5-20(15(11)21)7-3-4-22-6-7/h1-2,7H,3-6H2,(H2,18,19). The highest BCUT2D eigenvalue weighted by Gasteiger charge is 2.37. The van der Waals surface area contributed by atoms with E-state index in [2.05, 4.69) is 20.9 Å². The van der Waals surface area contributed by atoms with Gasteiger partial charge in [0, 0.05) is 12.0 Å². The van der Waals surface area contributed by atoms with E-state index in [-0.39, 0.29) is 16.4 Å². The zero-order chi connectivity index (χ0) is 15.4. The number of halogens is 2. The fourth-order valence-corrected chi connectivity index (χ4v) is 3.57. The van der Waals surface area contributed by atoms with Gasteiger partial charge in [-0.2, -0.15) is 0 Å². The number of hydrogen-bond acceptors (Lipinski definition) is 4. The molecule has 1 aromatic carbocycles. The predicted molar refractivity (Wildman–Crippen MR) is 82.9 cm³/mol. The van der Waals surface area contributed by atoms with Crippen molar-refractivity contribution < 1.29 is 13.9 Å². The van der Waals surface area contributed by atoms with E-state index < -0.39 is 5.82 Å². The number of hydrogen-bond donors (Lipinski definition) is 1. The number of pyridine rings is 1. The molecule has 1 atom stereocenters. The number of aromatic nitrogens is 1. The van der Waals surface area contributed by atoms with E-state index in [1.807, 2.05) is 0 Å². The molecule has 1 unspecified atom stereocenters. The van der Waals surface area contributed by atoms with Gasteiger partial charge < -0.3 is 15.4 Å². The van der Waals surface area contributed by atoms with Crippen LogP contribution in [0.2, 0.25) is 0 Å². The molecule has 2 N–H and O–H groups in total. The molecule has 4 rings (SSSR count). The summed E-state index contributed by atoms with van der Waals surface area (Å²) in [6, 6.07) is 2.94. The van der Waals surface area contributed by atoms with E-state index in [4.69, 9.17) is 10.5 Å². The Bertz CT molecular complexity index is 805. The molecule has 0 aliphatic carbocycles. The Hall–Kier alpha value is -1.73. The maximum Gasteiger partial charge on any atom is 0.258 e. The van der Waals surface area contributed by atoms with E-state index in [9.17, 15) is 9.18 Å². The highest BCUT2D eigenvalue weighted by Crippen LogP contribution is 2.37. The molecule has 0 saturated carbocycles. The van der Waals surface area contributed by atoms with Crippen molar-refractivity contribution in [1.82, 2.24) is 9.88 Å². The molecule has 3 heterocycles. The molecule has 114 valence electrons. The summed E-state index contributed by atoms with van der Waals surface area (Å²) in [4.78, 5) is 18.9. The van der Waals surface area contributed by atoms with Gasteiger partial charge in [0.1, 0.15) is 5.82 Å². The number of fused-ring (bicyclic) bond motifs is 2. The van der Waals surface area contributed by atoms with Crippen LogP contribution < -0.4 is 5.73 Å². The zero-order valence-electron chi connectivity index (χ0n) is 11.6. The molecule has 5 nitrogen and oxygen atoms in total. The third-order valence-electron chi connectivity index (χ3n) is 4.31. The Labute approximate surface area is 134 Å². The minimum Gasteiger partial charge on any atom is -0.397 e. The normalized spacial score (nSPS) is 20.9. The smallest absolute Gasteiger partial charge is 0.258 e. The third-order valence-corrected chi connectivity index (χ3v) is 5.06. The van der Waals surface area contributed by atoms with Crippen LogP contribution >= 0.6 is 15.9 Å². The number of amides is 1. The first kappa shape index (κ1) is 13.9. The fourth-order valence-electron chi connectivity index (χ4n) is 3.14. The number of nitrogens with zero attached hydrogens (tertiary/aromatic N) is 2. The molecule has 2 aliphatic heterocycles. The van der Waals surface area contributed by atoms with Gasteiger partial charge in [0.25, 0.3) is 5.91 Å². The second-order valence-corrected chi connectivity index (χ2v) is 6.35. The lowest BCUT2D eigenvalue weighted by Crippen LogP contribution is -2.35. The van der Waals surface area contributed by atoms with Crippen LogP contribution in [0.25, 0.3) is 10.9 Å². The molecule has 0 bridgehead atoms. The molecule has 1 saturated heterocycles. The number of ether oxygens (including phenoxy) is 1. The lowest BCUT2D eigenvalue weighted by atomic mass is 10.1. The molecule has 2 aliphatic rings. The van der Waals surface area contributed by atoms with Crippen molar-refractivity contribution in [3.63, 3.8) is 0 Å². The van der Waals surface area contributed by atoms with Crippen LogP contribution in [-0.2, 0) is 11.3 Å².